The number of hydrogen-bond acceptors (Lipinski definition) is 4. The number of hydrogen-bond donors (Lipinski definition) is 0. The molecule has 0 aromatic carbocycles. The van der Waals surface area contributed by atoms with Gasteiger partial charge < -0.3 is 9.16 Å². The summed E-state index contributed by atoms with van der Waals surface area (Å²) in [6.45, 7) is 13.7. The topological polar surface area (TPSA) is 84.3 Å². The van der Waals surface area contributed by atoms with Gasteiger partial charge in [-0.2, -0.15) is 0 Å². The molecule has 1 rings (SSSR count). The molecule has 1 fully saturated rings. The van der Waals surface area contributed by atoms with Gasteiger partial charge in [-0.25, -0.2) is 0 Å². The van der Waals surface area contributed by atoms with Gasteiger partial charge in [-0.3, -0.25) is 4.79 Å². The molecule has 6 nitrogen and oxygen atoms in total. The number of carbonyl (C=O) groups is 1. The van der Waals surface area contributed by atoms with Gasteiger partial charge >= 0.3 is 5.97 Å². The van der Waals surface area contributed by atoms with Crippen LogP contribution in [0.25, 0.3) is 10.4 Å². The normalized spacial score (nSPS) is 29.6. The Morgan fingerprint density at radius 1 is 1.41 bits per heavy atom. The lowest BCUT2D eigenvalue weighted by Gasteiger charge is -2.48. The highest BCUT2D eigenvalue weighted by Gasteiger charge is 2.47. The van der Waals surface area contributed by atoms with Gasteiger partial charge in [0.1, 0.15) is 5.60 Å². The van der Waals surface area contributed by atoms with E-state index < -0.39 is 19.5 Å². The van der Waals surface area contributed by atoms with E-state index in [0.29, 0.717) is 6.42 Å². The van der Waals surface area contributed by atoms with Crippen molar-refractivity contribution in [2.45, 2.75) is 83.8 Å². The molecule has 0 aromatic rings. The number of ether oxygens (including phenoxy) is 1. The zero-order chi connectivity index (χ0) is 17.2. The van der Waals surface area contributed by atoms with Crippen molar-refractivity contribution in [1.82, 2.24) is 0 Å². The summed E-state index contributed by atoms with van der Waals surface area (Å²) in [5.41, 5.74) is 7.92. The molecule has 3 atom stereocenters. The van der Waals surface area contributed by atoms with Crippen LogP contribution < -0.4 is 0 Å². The highest BCUT2D eigenvalue weighted by Crippen LogP contribution is 2.43. The summed E-state index contributed by atoms with van der Waals surface area (Å²) in [7, 11) is -1.75. The first-order valence-corrected chi connectivity index (χ1v) is 11.2. The van der Waals surface area contributed by atoms with Gasteiger partial charge in [0, 0.05) is 11.8 Å². The second-order valence-corrected chi connectivity index (χ2v) is 12.3. The molecule has 22 heavy (non-hydrogen) atoms. The number of carbonyl (C=O) groups excluding carboxylic acids is 1. The third-order valence-electron chi connectivity index (χ3n) is 4.32. The van der Waals surface area contributed by atoms with Gasteiger partial charge in [0.2, 0.25) is 0 Å². The zero-order valence-electron chi connectivity index (χ0n) is 14.8. The molecule has 0 radical (unpaired) electrons. The fourth-order valence-corrected chi connectivity index (χ4v) is 5.04. The SMILES string of the molecule is CC(=O)OC(C)(C)[C@@H]1CC[C@](C)(O[Si](C)(C)C)[C@@H](N=[N+]=[N-])C1. The zero-order valence-corrected chi connectivity index (χ0v) is 15.8. The maximum Gasteiger partial charge on any atom is 0.303 e. The molecule has 1 aliphatic carbocycles. The lowest BCUT2D eigenvalue weighted by molar-refractivity contribution is -0.162. The van der Waals surface area contributed by atoms with Gasteiger partial charge in [0.25, 0.3) is 0 Å². The first-order chi connectivity index (χ1) is 9.89. The molecule has 0 spiro atoms. The summed E-state index contributed by atoms with van der Waals surface area (Å²) in [4.78, 5) is 14.3. The van der Waals surface area contributed by atoms with Crippen molar-refractivity contribution in [3.8, 4) is 0 Å². The maximum absolute atomic E-state index is 11.3. The summed E-state index contributed by atoms with van der Waals surface area (Å²) < 4.78 is 11.8. The van der Waals surface area contributed by atoms with E-state index in [2.05, 4.69) is 29.7 Å². The first kappa shape index (κ1) is 19.0. The van der Waals surface area contributed by atoms with Gasteiger partial charge in [-0.15, -0.1) is 0 Å². The quantitative estimate of drug-likeness (QED) is 0.246. The van der Waals surface area contributed by atoms with Crippen LogP contribution in [0.3, 0.4) is 0 Å². The van der Waals surface area contributed by atoms with Crippen molar-refractivity contribution < 1.29 is 14.0 Å². The molecule has 126 valence electrons. The number of azide groups is 1. The summed E-state index contributed by atoms with van der Waals surface area (Å²) in [6, 6.07) is -0.238. The molecule has 0 aromatic heterocycles. The number of esters is 1. The van der Waals surface area contributed by atoms with Crippen LogP contribution in [0, 0.1) is 5.92 Å². The Bertz CT molecular complexity index is 469. The van der Waals surface area contributed by atoms with E-state index in [9.17, 15) is 4.79 Å². The Kier molecular flexibility index (Phi) is 5.70. The molecule has 0 N–H and O–H groups in total. The Labute approximate surface area is 134 Å². The number of nitrogens with zero attached hydrogens (tertiary/aromatic N) is 3. The van der Waals surface area contributed by atoms with E-state index in [0.717, 1.165) is 12.8 Å². The molecule has 0 aliphatic heterocycles. The molecule has 0 amide bonds. The lowest BCUT2D eigenvalue weighted by atomic mass is 9.71. The maximum atomic E-state index is 11.3. The monoisotopic (exact) mass is 327 g/mol. The van der Waals surface area contributed by atoms with E-state index >= 15 is 0 Å². The van der Waals surface area contributed by atoms with Gasteiger partial charge in [-0.05, 0) is 71.1 Å². The Morgan fingerprint density at radius 3 is 2.45 bits per heavy atom. The molecule has 0 unspecified atom stereocenters. The van der Waals surface area contributed by atoms with E-state index in [1.807, 2.05) is 20.8 Å². The average molecular weight is 328 g/mol. The minimum absolute atomic E-state index is 0.158. The van der Waals surface area contributed by atoms with Gasteiger partial charge in [-0.1, -0.05) is 5.11 Å². The van der Waals surface area contributed by atoms with Gasteiger partial charge in [0.15, 0.2) is 8.32 Å². The Balaban J connectivity index is 2.96. The van der Waals surface area contributed by atoms with Crippen molar-refractivity contribution in [3.05, 3.63) is 10.4 Å². The molecule has 0 saturated heterocycles. The molecular weight excluding hydrogens is 298 g/mol. The summed E-state index contributed by atoms with van der Waals surface area (Å²) in [5, 5.41) is 4.00. The highest BCUT2D eigenvalue weighted by atomic mass is 28.4. The molecule has 0 bridgehead atoms. The smallest absolute Gasteiger partial charge is 0.303 e. The lowest BCUT2D eigenvalue weighted by Crippen LogP contribution is -2.54. The second kappa shape index (κ2) is 6.60. The first-order valence-electron chi connectivity index (χ1n) is 7.83. The van der Waals surface area contributed by atoms with E-state index in [4.69, 9.17) is 14.7 Å². The van der Waals surface area contributed by atoms with Gasteiger partial charge in [0.05, 0.1) is 11.6 Å². The van der Waals surface area contributed by atoms with Crippen LogP contribution >= 0.6 is 0 Å². The summed E-state index contributed by atoms with van der Waals surface area (Å²) in [6.07, 6.45) is 2.36. The minimum Gasteiger partial charge on any atom is -0.460 e. The standard InChI is InChI=1S/C15H29N3O3Si/c1-11(19)20-14(2,3)12-8-9-15(4,21-22(5,6)7)13(10-12)17-18-16/h12-13H,8-10H2,1-7H3/t12-,13+,15+/m1/s1. The summed E-state index contributed by atoms with van der Waals surface area (Å²) in [5.74, 6) is -0.123. The fraction of sp³-hybridized carbons (Fsp3) is 0.933. The largest absolute Gasteiger partial charge is 0.460 e. The Morgan fingerprint density at radius 2 is 2.00 bits per heavy atom. The fourth-order valence-electron chi connectivity index (χ4n) is 3.40. The minimum atomic E-state index is -1.75. The van der Waals surface area contributed by atoms with Crippen LogP contribution in [0.5, 0.6) is 0 Å². The van der Waals surface area contributed by atoms with Crippen LogP contribution in [0.1, 0.15) is 47.0 Å². The number of rotatable bonds is 5. The predicted octanol–water partition coefficient (Wildman–Crippen LogP) is 4.42. The molecule has 1 saturated carbocycles. The van der Waals surface area contributed by atoms with Crippen molar-refractivity contribution in [3.63, 3.8) is 0 Å². The molecule has 1 aliphatic rings. The van der Waals surface area contributed by atoms with Crippen molar-refractivity contribution >= 4 is 14.3 Å². The van der Waals surface area contributed by atoms with E-state index in [1.165, 1.54) is 6.92 Å². The van der Waals surface area contributed by atoms with Crippen molar-refractivity contribution in [1.29, 1.82) is 0 Å². The Hall–Kier alpha value is -1.04. The molecule has 0 heterocycles. The second-order valence-electron chi connectivity index (χ2n) is 7.92. The third-order valence-corrected chi connectivity index (χ3v) is 5.40. The molecule has 7 heteroatoms. The van der Waals surface area contributed by atoms with E-state index in [1.54, 1.807) is 0 Å². The molecular formula is C15H29N3O3Si. The van der Waals surface area contributed by atoms with Crippen LogP contribution in [-0.2, 0) is 14.0 Å². The third kappa shape index (κ3) is 5.00. The van der Waals surface area contributed by atoms with Crippen LogP contribution in [0.4, 0.5) is 0 Å². The summed E-state index contributed by atoms with van der Waals surface area (Å²) >= 11 is 0. The van der Waals surface area contributed by atoms with E-state index in [-0.39, 0.29) is 17.9 Å². The van der Waals surface area contributed by atoms with Crippen LogP contribution in [0.15, 0.2) is 5.11 Å². The predicted molar refractivity (Wildman–Crippen MR) is 89.0 cm³/mol. The van der Waals surface area contributed by atoms with Crippen molar-refractivity contribution in [2.75, 3.05) is 0 Å². The average Bonchev–Trinajstić information content (AvgIpc) is 2.27. The van der Waals surface area contributed by atoms with Crippen molar-refractivity contribution in [2.24, 2.45) is 11.0 Å². The highest BCUT2D eigenvalue weighted by molar-refractivity contribution is 6.69. The van der Waals surface area contributed by atoms with Crippen LogP contribution in [-0.4, -0.2) is 31.5 Å². The van der Waals surface area contributed by atoms with Crippen LogP contribution in [0.2, 0.25) is 19.6 Å².